The molecule has 1 fully saturated rings. The van der Waals surface area contributed by atoms with E-state index in [0.29, 0.717) is 18.4 Å². The van der Waals surface area contributed by atoms with E-state index in [1.54, 1.807) is 0 Å². The van der Waals surface area contributed by atoms with Gasteiger partial charge in [0.2, 0.25) is 15.9 Å². The van der Waals surface area contributed by atoms with E-state index in [4.69, 9.17) is 10.2 Å². The van der Waals surface area contributed by atoms with Crippen LogP contribution in [0, 0.1) is 5.82 Å². The molecular weight excluding hydrogens is 423 g/mol. The lowest BCUT2D eigenvalue weighted by molar-refractivity contribution is 0.282. The van der Waals surface area contributed by atoms with E-state index in [1.807, 2.05) is 37.3 Å². The van der Waals surface area contributed by atoms with E-state index >= 15 is 0 Å². The molecule has 3 N–H and O–H groups in total. The van der Waals surface area contributed by atoms with Crippen LogP contribution in [0.15, 0.2) is 51.7 Å². The Balaban J connectivity index is 1.61. The molecule has 0 bridgehead atoms. The Bertz CT molecular complexity index is 1240. The van der Waals surface area contributed by atoms with Crippen molar-refractivity contribution in [3.8, 4) is 0 Å². The van der Waals surface area contributed by atoms with Crippen molar-refractivity contribution in [3.05, 3.63) is 81.4 Å². The van der Waals surface area contributed by atoms with E-state index in [2.05, 4.69) is 10.2 Å². The summed E-state index contributed by atoms with van der Waals surface area (Å²) >= 11 is 0. The number of aromatic nitrogens is 2. The van der Waals surface area contributed by atoms with Crippen LogP contribution < -0.4 is 11.5 Å². The molecule has 0 unspecified atom stereocenters. The summed E-state index contributed by atoms with van der Waals surface area (Å²) in [6.07, 6.45) is 1.17. The molecule has 8 nitrogen and oxygen atoms in total. The first-order valence-corrected chi connectivity index (χ1v) is 11.4. The number of hydrogen-bond acceptors (Lipinski definition) is 6. The van der Waals surface area contributed by atoms with Crippen LogP contribution in [0.1, 0.15) is 47.6 Å². The van der Waals surface area contributed by atoms with Gasteiger partial charge in [0.05, 0.1) is 6.42 Å². The van der Waals surface area contributed by atoms with Crippen LogP contribution >= 0.6 is 0 Å². The highest BCUT2D eigenvalue weighted by atomic mass is 32.2. The van der Waals surface area contributed by atoms with Crippen molar-refractivity contribution in [2.75, 3.05) is 5.73 Å². The Hall–Kier alpha value is -2.98. The quantitative estimate of drug-likeness (QED) is 0.581. The van der Waals surface area contributed by atoms with E-state index < -0.39 is 26.8 Å². The number of nitrogens with one attached hydrogen (secondary N) is 1. The second kappa shape index (κ2) is 8.27. The summed E-state index contributed by atoms with van der Waals surface area (Å²) in [5.41, 5.74) is 7.73. The average molecular weight is 447 g/mol. The van der Waals surface area contributed by atoms with Crippen molar-refractivity contribution in [1.82, 2.24) is 14.5 Å². The Kier molecular flexibility index (Phi) is 5.67. The number of aromatic amines is 1. The molecule has 31 heavy (non-hydrogen) atoms. The van der Waals surface area contributed by atoms with Crippen LogP contribution in [0.25, 0.3) is 0 Å². The molecule has 4 rings (SSSR count). The SMILES string of the molecule is C[C@H]1CC[C@H](c2ccccc2)S(=O)(=O)N1Cc1cc(F)c(Cc2n[nH]c(=O)o2)cc1N. The van der Waals surface area contributed by atoms with Crippen molar-refractivity contribution in [2.45, 2.75) is 44.0 Å². The highest BCUT2D eigenvalue weighted by molar-refractivity contribution is 7.89. The predicted molar refractivity (Wildman–Crippen MR) is 113 cm³/mol. The van der Waals surface area contributed by atoms with Gasteiger partial charge in [-0.15, -0.1) is 5.10 Å². The van der Waals surface area contributed by atoms with Gasteiger partial charge in [0.1, 0.15) is 11.1 Å². The van der Waals surface area contributed by atoms with Crippen molar-refractivity contribution in [2.24, 2.45) is 0 Å². The topological polar surface area (TPSA) is 122 Å². The van der Waals surface area contributed by atoms with Crippen LogP contribution in [0.4, 0.5) is 10.1 Å². The Morgan fingerprint density at radius 1 is 1.23 bits per heavy atom. The molecule has 0 radical (unpaired) electrons. The molecule has 164 valence electrons. The number of benzene rings is 2. The minimum atomic E-state index is -3.66. The van der Waals surface area contributed by atoms with E-state index in [1.165, 1.54) is 16.4 Å². The number of sulfonamides is 1. The standard InChI is InChI=1S/C21H23FN4O4S/c1-13-7-8-19(14-5-3-2-4-6-14)31(28,29)26(13)12-16-9-17(22)15(10-18(16)23)11-20-24-25-21(27)30-20/h2-6,9-10,13,19H,7-8,11-12,23H2,1H3,(H,25,27)/t13-,19+/m0/s1. The summed E-state index contributed by atoms with van der Waals surface area (Å²) in [5, 5.41) is 5.14. The van der Waals surface area contributed by atoms with E-state index in [9.17, 15) is 17.6 Å². The molecule has 10 heteroatoms. The van der Waals surface area contributed by atoms with Gasteiger partial charge in [0.15, 0.2) is 0 Å². The van der Waals surface area contributed by atoms with Gasteiger partial charge < -0.3 is 10.2 Å². The Labute approximate surface area is 178 Å². The average Bonchev–Trinajstić information content (AvgIpc) is 3.13. The van der Waals surface area contributed by atoms with Crippen LogP contribution in [-0.2, 0) is 23.0 Å². The third-order valence-electron chi connectivity index (χ3n) is 5.65. The van der Waals surface area contributed by atoms with Gasteiger partial charge >= 0.3 is 5.76 Å². The predicted octanol–water partition coefficient (Wildman–Crippen LogP) is 2.73. The number of rotatable bonds is 5. The molecule has 0 saturated carbocycles. The monoisotopic (exact) mass is 446 g/mol. The first-order chi connectivity index (χ1) is 14.8. The van der Waals surface area contributed by atoms with Gasteiger partial charge in [-0.05, 0) is 48.6 Å². The molecular formula is C21H23FN4O4S. The fourth-order valence-corrected chi connectivity index (χ4v) is 6.16. The zero-order chi connectivity index (χ0) is 22.2. The first-order valence-electron chi connectivity index (χ1n) is 9.92. The van der Waals surface area contributed by atoms with Crippen molar-refractivity contribution in [3.63, 3.8) is 0 Å². The molecule has 0 spiro atoms. The molecule has 0 amide bonds. The minimum absolute atomic E-state index is 0.0205. The summed E-state index contributed by atoms with van der Waals surface area (Å²) in [7, 11) is -3.66. The van der Waals surface area contributed by atoms with Crippen molar-refractivity contribution in [1.29, 1.82) is 0 Å². The van der Waals surface area contributed by atoms with E-state index in [-0.39, 0.29) is 36.1 Å². The summed E-state index contributed by atoms with van der Waals surface area (Å²) in [5.74, 6) is -1.26. The number of nitrogens with two attached hydrogens (primary N) is 1. The zero-order valence-corrected chi connectivity index (χ0v) is 17.7. The smallest absolute Gasteiger partial charge is 0.398 e. The maximum absolute atomic E-state index is 14.7. The van der Waals surface area contributed by atoms with Gasteiger partial charge in [0, 0.05) is 18.3 Å². The second-order valence-electron chi connectivity index (χ2n) is 7.74. The van der Waals surface area contributed by atoms with E-state index in [0.717, 1.165) is 5.56 Å². The van der Waals surface area contributed by atoms with Gasteiger partial charge in [-0.3, -0.25) is 0 Å². The summed E-state index contributed by atoms with van der Waals surface area (Å²) in [6.45, 7) is 1.83. The normalized spacial score (nSPS) is 21.2. The number of anilines is 1. The molecule has 2 heterocycles. The molecule has 2 aromatic carbocycles. The molecule has 1 aliphatic rings. The summed E-state index contributed by atoms with van der Waals surface area (Å²) in [4.78, 5) is 11.1. The highest BCUT2D eigenvalue weighted by Gasteiger charge is 2.40. The molecule has 1 aromatic heterocycles. The second-order valence-corrected chi connectivity index (χ2v) is 9.81. The molecule has 2 atom stereocenters. The van der Waals surface area contributed by atoms with Crippen LogP contribution in [0.3, 0.4) is 0 Å². The maximum Gasteiger partial charge on any atom is 0.434 e. The third kappa shape index (κ3) is 4.26. The molecule has 1 saturated heterocycles. The maximum atomic E-state index is 14.7. The molecule has 3 aromatic rings. The lowest BCUT2D eigenvalue weighted by Gasteiger charge is -2.37. The van der Waals surface area contributed by atoms with Gasteiger partial charge in [-0.2, -0.15) is 4.31 Å². The summed E-state index contributed by atoms with van der Waals surface area (Å²) < 4.78 is 47.7. The number of halogens is 1. The van der Waals surface area contributed by atoms with Gasteiger partial charge in [-0.25, -0.2) is 22.7 Å². The number of nitrogens with zero attached hydrogens (tertiary/aromatic N) is 2. The van der Waals surface area contributed by atoms with Gasteiger partial charge in [-0.1, -0.05) is 30.3 Å². The minimum Gasteiger partial charge on any atom is -0.398 e. The number of hydrogen-bond donors (Lipinski definition) is 2. The van der Waals surface area contributed by atoms with Gasteiger partial charge in [0.25, 0.3) is 0 Å². The van der Waals surface area contributed by atoms with Crippen LogP contribution in [0.2, 0.25) is 0 Å². The highest BCUT2D eigenvalue weighted by Crippen LogP contribution is 2.38. The lowest BCUT2D eigenvalue weighted by atomic mass is 10.0. The van der Waals surface area contributed by atoms with Crippen molar-refractivity contribution < 1.29 is 17.2 Å². The zero-order valence-electron chi connectivity index (χ0n) is 16.9. The number of H-pyrrole nitrogens is 1. The fourth-order valence-electron chi connectivity index (χ4n) is 3.97. The molecule has 1 aliphatic heterocycles. The molecule has 0 aliphatic carbocycles. The Morgan fingerprint density at radius 3 is 2.65 bits per heavy atom. The fraction of sp³-hybridized carbons (Fsp3) is 0.333. The van der Waals surface area contributed by atoms with Crippen molar-refractivity contribution >= 4 is 15.7 Å². The van der Waals surface area contributed by atoms with Crippen LogP contribution in [-0.4, -0.2) is 29.0 Å². The summed E-state index contributed by atoms with van der Waals surface area (Å²) in [6, 6.07) is 11.5. The first kappa shape index (κ1) is 21.3. The van der Waals surface area contributed by atoms with Crippen LogP contribution in [0.5, 0.6) is 0 Å². The Morgan fingerprint density at radius 2 is 1.97 bits per heavy atom. The lowest BCUT2D eigenvalue weighted by Crippen LogP contribution is -2.44. The largest absolute Gasteiger partial charge is 0.434 e. The third-order valence-corrected chi connectivity index (χ3v) is 8.02. The number of nitrogen functional groups attached to an aromatic ring is 1.